The predicted molar refractivity (Wildman–Crippen MR) is 196 cm³/mol. The van der Waals surface area contributed by atoms with Crippen molar-refractivity contribution in [2.75, 3.05) is 0 Å². The number of benzene rings is 3. The SMILES string of the molecule is CC(C)=CCC[C@@H](C)C/C=C/[C@@H](C)/C(=C/C[C@]1(C)CCc2c(C)c(OCc3ccccc3)c(C)c(C)c2O1)S(=O)(=O)c1ccccc1. The first-order valence-corrected chi connectivity index (χ1v) is 18.6. The smallest absolute Gasteiger partial charge is 0.203 e. The average Bonchev–Trinajstić information content (AvgIpc) is 3.04. The second kappa shape index (κ2) is 16.0. The molecule has 3 aromatic carbocycles. The molecule has 0 aromatic heterocycles. The summed E-state index contributed by atoms with van der Waals surface area (Å²) in [5.41, 5.74) is 6.41. The maximum Gasteiger partial charge on any atom is 0.203 e. The Bertz CT molecular complexity index is 1700. The van der Waals surface area contributed by atoms with E-state index in [0.717, 1.165) is 65.9 Å². The first-order valence-electron chi connectivity index (χ1n) is 17.1. The summed E-state index contributed by atoms with van der Waals surface area (Å²) in [5, 5.41) is 0. The highest BCUT2D eigenvalue weighted by Gasteiger charge is 2.35. The molecule has 4 rings (SSSR count). The van der Waals surface area contributed by atoms with Crippen molar-refractivity contribution in [3.8, 4) is 11.5 Å². The quantitative estimate of drug-likeness (QED) is 0.162. The summed E-state index contributed by atoms with van der Waals surface area (Å²) in [6.07, 6.45) is 13.7. The van der Waals surface area contributed by atoms with Crippen LogP contribution in [0.2, 0.25) is 0 Å². The Morgan fingerprint density at radius 3 is 2.26 bits per heavy atom. The van der Waals surface area contributed by atoms with Gasteiger partial charge in [-0.05, 0) is 114 Å². The first-order chi connectivity index (χ1) is 22.3. The van der Waals surface area contributed by atoms with E-state index in [1.165, 1.54) is 11.1 Å². The molecule has 4 nitrogen and oxygen atoms in total. The summed E-state index contributed by atoms with van der Waals surface area (Å²) in [4.78, 5) is 0.758. The van der Waals surface area contributed by atoms with E-state index in [1.54, 1.807) is 24.3 Å². The van der Waals surface area contributed by atoms with Gasteiger partial charge in [0.2, 0.25) is 9.84 Å². The van der Waals surface area contributed by atoms with Crippen LogP contribution in [-0.2, 0) is 22.9 Å². The van der Waals surface area contributed by atoms with Crippen LogP contribution in [0.3, 0.4) is 0 Å². The maximum atomic E-state index is 14.0. The predicted octanol–water partition coefficient (Wildman–Crippen LogP) is 11.0. The molecule has 0 spiro atoms. The lowest BCUT2D eigenvalue weighted by Gasteiger charge is -2.38. The standard InChI is InChI=1S/C42H54O4S/c1-30(2)17-15-18-31(3)19-16-20-32(4)39(47(43,44)37-23-13-10-14-24-37)26-28-42(8)27-25-38-35(7)40(33(5)34(6)41(38)46-42)45-29-36-21-11-9-12-22-36/h9-14,16-17,20-24,26,31-32H,15,18-19,25,27-29H2,1-8H3/b20-16+,39-26-/t31-,32-,42+/m1/s1. The Labute approximate surface area is 284 Å². The van der Waals surface area contributed by atoms with Gasteiger partial charge in [-0.2, -0.15) is 0 Å². The normalized spacial score (nSPS) is 17.9. The lowest BCUT2D eigenvalue weighted by Crippen LogP contribution is -2.37. The number of sulfone groups is 1. The molecule has 0 aliphatic carbocycles. The van der Waals surface area contributed by atoms with E-state index >= 15 is 0 Å². The van der Waals surface area contributed by atoms with Crippen LogP contribution in [-0.4, -0.2) is 14.0 Å². The van der Waals surface area contributed by atoms with Crippen molar-refractivity contribution in [3.63, 3.8) is 0 Å². The fourth-order valence-electron chi connectivity index (χ4n) is 6.35. The maximum absolute atomic E-state index is 14.0. The van der Waals surface area contributed by atoms with E-state index in [4.69, 9.17) is 9.47 Å². The second-order valence-electron chi connectivity index (χ2n) is 13.9. The Morgan fingerprint density at radius 1 is 0.936 bits per heavy atom. The summed E-state index contributed by atoms with van der Waals surface area (Å²) in [7, 11) is -3.69. The zero-order chi connectivity index (χ0) is 34.2. The third-order valence-corrected chi connectivity index (χ3v) is 11.6. The van der Waals surface area contributed by atoms with Gasteiger partial charge in [-0.1, -0.05) is 92.3 Å². The number of hydrogen-bond acceptors (Lipinski definition) is 4. The largest absolute Gasteiger partial charge is 0.488 e. The molecular weight excluding hydrogens is 601 g/mol. The average molecular weight is 655 g/mol. The van der Waals surface area contributed by atoms with Gasteiger partial charge in [0.25, 0.3) is 0 Å². The Kier molecular flexibility index (Phi) is 12.4. The summed E-state index contributed by atoms with van der Waals surface area (Å²) in [5.74, 6) is 2.11. The minimum Gasteiger partial charge on any atom is -0.488 e. The molecule has 0 radical (unpaired) electrons. The van der Waals surface area contributed by atoms with Gasteiger partial charge in [0, 0.05) is 17.9 Å². The van der Waals surface area contributed by atoms with Crippen LogP contribution in [0, 0.1) is 32.6 Å². The molecular formula is C42H54O4S. The van der Waals surface area contributed by atoms with Gasteiger partial charge in [0.05, 0.1) is 9.80 Å². The van der Waals surface area contributed by atoms with Gasteiger partial charge in [0.15, 0.2) is 0 Å². The molecule has 1 heterocycles. The van der Waals surface area contributed by atoms with E-state index in [9.17, 15) is 8.42 Å². The topological polar surface area (TPSA) is 52.6 Å². The van der Waals surface area contributed by atoms with Crippen molar-refractivity contribution in [3.05, 3.63) is 123 Å². The molecule has 0 saturated heterocycles. The van der Waals surface area contributed by atoms with Gasteiger partial charge in [-0.15, -0.1) is 0 Å². The minimum atomic E-state index is -3.69. The molecule has 0 fully saturated rings. The third kappa shape index (κ3) is 9.28. The Hall–Kier alpha value is -3.57. The summed E-state index contributed by atoms with van der Waals surface area (Å²) >= 11 is 0. The number of fused-ring (bicyclic) bond motifs is 1. The number of ether oxygens (including phenoxy) is 2. The monoisotopic (exact) mass is 654 g/mol. The molecule has 0 saturated carbocycles. The summed E-state index contributed by atoms with van der Waals surface area (Å²) < 4.78 is 41.3. The molecule has 47 heavy (non-hydrogen) atoms. The minimum absolute atomic E-state index is 0.264. The summed E-state index contributed by atoms with van der Waals surface area (Å²) in [6, 6.07) is 19.0. The van der Waals surface area contributed by atoms with E-state index < -0.39 is 15.4 Å². The van der Waals surface area contributed by atoms with Gasteiger partial charge >= 0.3 is 0 Å². The number of rotatable bonds is 14. The van der Waals surface area contributed by atoms with Crippen LogP contribution in [0.1, 0.15) is 94.5 Å². The van der Waals surface area contributed by atoms with Crippen LogP contribution in [0.4, 0.5) is 0 Å². The Balaban J connectivity index is 1.57. The number of allylic oxidation sites excluding steroid dienone is 5. The molecule has 0 bridgehead atoms. The van der Waals surface area contributed by atoms with Crippen LogP contribution in [0.15, 0.2) is 100 Å². The summed E-state index contributed by atoms with van der Waals surface area (Å²) in [6.45, 7) is 17.5. The van der Waals surface area contributed by atoms with Gasteiger partial charge in [0.1, 0.15) is 23.7 Å². The van der Waals surface area contributed by atoms with E-state index in [1.807, 2.05) is 37.3 Å². The fourth-order valence-corrected chi connectivity index (χ4v) is 8.01. The van der Waals surface area contributed by atoms with Crippen LogP contribution in [0.5, 0.6) is 11.5 Å². The van der Waals surface area contributed by atoms with E-state index in [0.29, 0.717) is 28.7 Å². The molecule has 3 atom stereocenters. The van der Waals surface area contributed by atoms with Crippen LogP contribution < -0.4 is 9.47 Å². The van der Waals surface area contributed by atoms with Gasteiger partial charge in [-0.3, -0.25) is 0 Å². The molecule has 252 valence electrons. The molecule has 3 aromatic rings. The highest BCUT2D eigenvalue weighted by molar-refractivity contribution is 7.95. The van der Waals surface area contributed by atoms with Gasteiger partial charge < -0.3 is 9.47 Å². The Morgan fingerprint density at radius 2 is 1.60 bits per heavy atom. The highest BCUT2D eigenvalue weighted by Crippen LogP contribution is 2.45. The number of hydrogen-bond donors (Lipinski definition) is 0. The fraction of sp³-hybridized carbons (Fsp3) is 0.429. The van der Waals surface area contributed by atoms with Crippen molar-refractivity contribution in [1.29, 1.82) is 0 Å². The molecule has 5 heteroatoms. The molecule has 0 unspecified atom stereocenters. The molecule has 1 aliphatic heterocycles. The molecule has 1 aliphatic rings. The first kappa shape index (κ1) is 36.3. The van der Waals surface area contributed by atoms with E-state index in [2.05, 4.69) is 78.8 Å². The lowest BCUT2D eigenvalue weighted by atomic mass is 9.85. The van der Waals surface area contributed by atoms with E-state index in [-0.39, 0.29) is 5.92 Å². The second-order valence-corrected chi connectivity index (χ2v) is 15.8. The van der Waals surface area contributed by atoms with Crippen molar-refractivity contribution in [2.24, 2.45) is 11.8 Å². The molecule has 0 N–H and O–H groups in total. The van der Waals surface area contributed by atoms with Crippen molar-refractivity contribution in [1.82, 2.24) is 0 Å². The lowest BCUT2D eigenvalue weighted by molar-refractivity contribution is 0.0664. The zero-order valence-electron chi connectivity index (χ0n) is 29.7. The van der Waals surface area contributed by atoms with Crippen LogP contribution in [0.25, 0.3) is 0 Å². The van der Waals surface area contributed by atoms with Gasteiger partial charge in [-0.25, -0.2) is 8.42 Å². The van der Waals surface area contributed by atoms with Crippen LogP contribution >= 0.6 is 0 Å². The van der Waals surface area contributed by atoms with Crippen molar-refractivity contribution < 1.29 is 17.9 Å². The zero-order valence-corrected chi connectivity index (χ0v) is 30.5. The molecule has 0 amide bonds. The third-order valence-electron chi connectivity index (χ3n) is 9.51. The van der Waals surface area contributed by atoms with Crippen molar-refractivity contribution in [2.45, 2.75) is 111 Å². The highest BCUT2D eigenvalue weighted by atomic mass is 32.2. The van der Waals surface area contributed by atoms with Crippen molar-refractivity contribution >= 4 is 9.84 Å².